The smallest absolute Gasteiger partial charge is 0.261 e. The van der Waals surface area contributed by atoms with Crippen LogP contribution >= 0.6 is 0 Å². The molecule has 1 N–H and O–H groups in total. The highest BCUT2D eigenvalue weighted by atomic mass is 16.5. The van der Waals surface area contributed by atoms with Crippen molar-refractivity contribution in [3.8, 4) is 17.2 Å². The third kappa shape index (κ3) is 7.48. The SMILES string of the molecule is COc1cc(OC)cc(OCC(=O)N(Cc2cccc(C)c2)C(C)C(=O)NCC(C)C)c1. The lowest BCUT2D eigenvalue weighted by molar-refractivity contribution is -0.142. The fraction of sp³-hybridized carbons (Fsp3) is 0.440. The molecule has 0 spiro atoms. The van der Waals surface area contributed by atoms with Gasteiger partial charge in [-0.1, -0.05) is 43.7 Å². The summed E-state index contributed by atoms with van der Waals surface area (Å²) >= 11 is 0. The number of carbonyl (C=O) groups is 2. The minimum Gasteiger partial charge on any atom is -0.496 e. The van der Waals surface area contributed by atoms with Crippen molar-refractivity contribution in [3.05, 3.63) is 53.6 Å². The van der Waals surface area contributed by atoms with Gasteiger partial charge in [0.1, 0.15) is 23.3 Å². The molecule has 1 unspecified atom stereocenters. The van der Waals surface area contributed by atoms with E-state index in [0.29, 0.717) is 36.3 Å². The Morgan fingerprint density at radius 3 is 2.16 bits per heavy atom. The van der Waals surface area contributed by atoms with Crippen molar-refractivity contribution in [1.82, 2.24) is 10.2 Å². The quantitative estimate of drug-likeness (QED) is 0.576. The van der Waals surface area contributed by atoms with Crippen LogP contribution in [0.5, 0.6) is 17.2 Å². The topological polar surface area (TPSA) is 77.1 Å². The molecule has 2 rings (SSSR count). The van der Waals surface area contributed by atoms with Gasteiger partial charge < -0.3 is 24.4 Å². The summed E-state index contributed by atoms with van der Waals surface area (Å²) in [7, 11) is 3.09. The average molecular weight is 443 g/mol. The summed E-state index contributed by atoms with van der Waals surface area (Å²) in [5.41, 5.74) is 2.04. The Hall–Kier alpha value is -3.22. The van der Waals surface area contributed by atoms with E-state index in [2.05, 4.69) is 5.32 Å². The molecule has 2 aromatic carbocycles. The molecule has 174 valence electrons. The molecule has 7 nitrogen and oxygen atoms in total. The lowest BCUT2D eigenvalue weighted by atomic mass is 10.1. The lowest BCUT2D eigenvalue weighted by Gasteiger charge is -2.29. The van der Waals surface area contributed by atoms with Crippen molar-refractivity contribution in [2.24, 2.45) is 5.92 Å². The summed E-state index contributed by atoms with van der Waals surface area (Å²) in [5.74, 6) is 1.40. The first kappa shape index (κ1) is 25.0. The van der Waals surface area contributed by atoms with Gasteiger partial charge in [-0.05, 0) is 25.3 Å². The van der Waals surface area contributed by atoms with E-state index in [9.17, 15) is 9.59 Å². The molecule has 0 heterocycles. The highest BCUT2D eigenvalue weighted by molar-refractivity contribution is 5.88. The van der Waals surface area contributed by atoms with Crippen LogP contribution in [0, 0.1) is 12.8 Å². The summed E-state index contributed by atoms with van der Waals surface area (Å²) < 4.78 is 16.2. The molecule has 1 atom stereocenters. The summed E-state index contributed by atoms with van der Waals surface area (Å²) in [6, 6.07) is 12.3. The molecule has 7 heteroatoms. The van der Waals surface area contributed by atoms with Crippen LogP contribution in [-0.2, 0) is 16.1 Å². The van der Waals surface area contributed by atoms with E-state index in [0.717, 1.165) is 11.1 Å². The minimum absolute atomic E-state index is 0.192. The van der Waals surface area contributed by atoms with E-state index in [-0.39, 0.29) is 18.4 Å². The van der Waals surface area contributed by atoms with Crippen molar-refractivity contribution in [3.63, 3.8) is 0 Å². The van der Waals surface area contributed by atoms with Gasteiger partial charge in [0, 0.05) is 31.3 Å². The maximum absolute atomic E-state index is 13.2. The predicted molar refractivity (Wildman–Crippen MR) is 124 cm³/mol. The zero-order chi connectivity index (χ0) is 23.7. The molecule has 0 aromatic heterocycles. The van der Waals surface area contributed by atoms with Gasteiger partial charge in [-0.25, -0.2) is 0 Å². The molecule has 2 aromatic rings. The summed E-state index contributed by atoms with van der Waals surface area (Å²) in [4.78, 5) is 27.4. The Bertz CT molecular complexity index is 891. The number of hydrogen-bond acceptors (Lipinski definition) is 5. The molecular formula is C25H34N2O5. The van der Waals surface area contributed by atoms with Crippen molar-refractivity contribution < 1.29 is 23.8 Å². The Morgan fingerprint density at radius 1 is 0.969 bits per heavy atom. The monoisotopic (exact) mass is 442 g/mol. The van der Waals surface area contributed by atoms with E-state index >= 15 is 0 Å². The van der Waals surface area contributed by atoms with E-state index in [1.54, 1.807) is 44.2 Å². The predicted octanol–water partition coefficient (Wildman–Crippen LogP) is 3.58. The second-order valence-corrected chi connectivity index (χ2v) is 8.16. The van der Waals surface area contributed by atoms with Gasteiger partial charge in [-0.3, -0.25) is 9.59 Å². The van der Waals surface area contributed by atoms with E-state index < -0.39 is 6.04 Å². The molecule has 0 saturated heterocycles. The number of amides is 2. The van der Waals surface area contributed by atoms with Crippen LogP contribution < -0.4 is 19.5 Å². The second-order valence-electron chi connectivity index (χ2n) is 8.16. The van der Waals surface area contributed by atoms with Crippen LogP contribution in [0.25, 0.3) is 0 Å². The maximum atomic E-state index is 13.2. The van der Waals surface area contributed by atoms with Gasteiger partial charge >= 0.3 is 0 Å². The second kappa shape index (κ2) is 12.0. The highest BCUT2D eigenvalue weighted by Gasteiger charge is 2.26. The van der Waals surface area contributed by atoms with E-state index in [1.807, 2.05) is 45.0 Å². The molecule has 0 aliphatic carbocycles. The zero-order valence-electron chi connectivity index (χ0n) is 19.8. The number of benzene rings is 2. The normalized spacial score (nSPS) is 11.6. The van der Waals surface area contributed by atoms with Crippen molar-refractivity contribution in [2.45, 2.75) is 40.3 Å². The van der Waals surface area contributed by atoms with Gasteiger partial charge in [0.15, 0.2) is 6.61 Å². The fourth-order valence-corrected chi connectivity index (χ4v) is 3.13. The minimum atomic E-state index is -0.648. The Kier molecular flexibility index (Phi) is 9.38. The number of ether oxygens (including phenoxy) is 3. The summed E-state index contributed by atoms with van der Waals surface area (Å²) in [6.45, 7) is 8.42. The molecule has 0 fully saturated rings. The van der Waals surface area contributed by atoms with Crippen molar-refractivity contribution >= 4 is 11.8 Å². The standard InChI is InChI=1S/C25H34N2O5/c1-17(2)14-26-25(29)19(4)27(15-20-9-7-8-18(3)10-20)24(28)16-32-23-12-21(30-5)11-22(13-23)31-6/h7-13,17,19H,14-16H2,1-6H3,(H,26,29). The van der Waals surface area contributed by atoms with Gasteiger partial charge in [-0.2, -0.15) is 0 Å². The van der Waals surface area contributed by atoms with E-state index in [4.69, 9.17) is 14.2 Å². The summed E-state index contributed by atoms with van der Waals surface area (Å²) in [5, 5.41) is 2.91. The first-order chi connectivity index (χ1) is 15.2. The Balaban J connectivity index is 2.18. The fourth-order valence-electron chi connectivity index (χ4n) is 3.13. The van der Waals surface area contributed by atoms with Crippen LogP contribution in [0.1, 0.15) is 31.9 Å². The van der Waals surface area contributed by atoms with Crippen LogP contribution in [0.4, 0.5) is 0 Å². The van der Waals surface area contributed by atoms with Crippen LogP contribution in [-0.4, -0.2) is 50.1 Å². The molecule has 0 radical (unpaired) electrons. The number of rotatable bonds is 11. The number of carbonyl (C=O) groups excluding carboxylic acids is 2. The number of methoxy groups -OCH3 is 2. The third-order valence-electron chi connectivity index (χ3n) is 4.97. The maximum Gasteiger partial charge on any atom is 0.261 e. The van der Waals surface area contributed by atoms with Crippen LogP contribution in [0.2, 0.25) is 0 Å². The molecule has 0 aliphatic rings. The largest absolute Gasteiger partial charge is 0.496 e. The number of aryl methyl sites for hydroxylation is 1. The Morgan fingerprint density at radius 2 is 1.59 bits per heavy atom. The molecular weight excluding hydrogens is 408 g/mol. The summed E-state index contributed by atoms with van der Waals surface area (Å²) in [6.07, 6.45) is 0. The molecule has 32 heavy (non-hydrogen) atoms. The van der Waals surface area contributed by atoms with Gasteiger partial charge in [0.05, 0.1) is 14.2 Å². The van der Waals surface area contributed by atoms with Crippen LogP contribution in [0.3, 0.4) is 0 Å². The average Bonchev–Trinajstić information content (AvgIpc) is 2.78. The van der Waals surface area contributed by atoms with Gasteiger partial charge in [-0.15, -0.1) is 0 Å². The third-order valence-corrected chi connectivity index (χ3v) is 4.97. The van der Waals surface area contributed by atoms with Crippen molar-refractivity contribution in [1.29, 1.82) is 0 Å². The van der Waals surface area contributed by atoms with Crippen LogP contribution in [0.15, 0.2) is 42.5 Å². The van der Waals surface area contributed by atoms with Gasteiger partial charge in [0.2, 0.25) is 5.91 Å². The first-order valence-corrected chi connectivity index (χ1v) is 10.7. The van der Waals surface area contributed by atoms with Crippen molar-refractivity contribution in [2.75, 3.05) is 27.4 Å². The Labute approximate surface area is 190 Å². The van der Waals surface area contributed by atoms with E-state index in [1.165, 1.54) is 0 Å². The lowest BCUT2D eigenvalue weighted by Crippen LogP contribution is -2.49. The molecule has 0 aliphatic heterocycles. The number of nitrogens with zero attached hydrogens (tertiary/aromatic N) is 1. The number of hydrogen-bond donors (Lipinski definition) is 1. The zero-order valence-corrected chi connectivity index (χ0v) is 19.8. The van der Waals surface area contributed by atoms with Gasteiger partial charge in [0.25, 0.3) is 5.91 Å². The number of nitrogens with one attached hydrogen (secondary N) is 1. The molecule has 0 bridgehead atoms. The first-order valence-electron chi connectivity index (χ1n) is 10.7. The highest BCUT2D eigenvalue weighted by Crippen LogP contribution is 2.27. The molecule has 2 amide bonds. The molecule has 0 saturated carbocycles.